The first-order valence-electron chi connectivity index (χ1n) is 5.38. The maximum absolute atomic E-state index is 5.82. The maximum Gasteiger partial charge on any atom is 0.184 e. The Labute approximate surface area is 99.0 Å². The Bertz CT molecular complexity index is 366. The molecule has 0 atom stereocenters. The van der Waals surface area contributed by atoms with Crippen molar-refractivity contribution in [3.8, 4) is 5.75 Å². The summed E-state index contributed by atoms with van der Waals surface area (Å²) >= 11 is 0. The second kappa shape index (κ2) is 5.32. The Morgan fingerprint density at radius 3 is 2.56 bits per heavy atom. The summed E-state index contributed by atoms with van der Waals surface area (Å²) in [6.45, 7) is 11.2. The van der Waals surface area contributed by atoms with E-state index >= 15 is 0 Å². The molecule has 0 aliphatic rings. The molecule has 1 aromatic carbocycles. The van der Waals surface area contributed by atoms with Gasteiger partial charge in [0.15, 0.2) is 8.32 Å². The van der Waals surface area contributed by atoms with Crippen molar-refractivity contribution in [3.63, 3.8) is 0 Å². The smallest absolute Gasteiger partial charge is 0.184 e. The van der Waals surface area contributed by atoms with Gasteiger partial charge in [0.2, 0.25) is 0 Å². The average molecular weight is 236 g/mol. The Morgan fingerprint density at radius 2 is 2.00 bits per heavy atom. The molecule has 1 rings (SSSR count). The fourth-order valence-corrected chi connectivity index (χ4v) is 1.84. The van der Waals surface area contributed by atoms with E-state index in [2.05, 4.69) is 26.2 Å². The van der Waals surface area contributed by atoms with Crippen molar-refractivity contribution >= 4 is 13.9 Å². The van der Waals surface area contributed by atoms with E-state index in [0.29, 0.717) is 6.61 Å². The molecule has 88 valence electrons. The van der Waals surface area contributed by atoms with Crippen LogP contribution in [0.25, 0.3) is 5.57 Å². The summed E-state index contributed by atoms with van der Waals surface area (Å²) < 4.78 is 11.0. The van der Waals surface area contributed by atoms with Gasteiger partial charge in [-0.1, -0.05) is 18.7 Å². The molecule has 0 saturated heterocycles. The fourth-order valence-electron chi connectivity index (χ4n) is 1.23. The van der Waals surface area contributed by atoms with Crippen molar-refractivity contribution < 1.29 is 9.16 Å². The van der Waals surface area contributed by atoms with Gasteiger partial charge in [-0.25, -0.2) is 0 Å². The van der Waals surface area contributed by atoms with Crippen LogP contribution >= 0.6 is 0 Å². The van der Waals surface area contributed by atoms with Gasteiger partial charge in [0.1, 0.15) is 5.75 Å². The molecule has 16 heavy (non-hydrogen) atoms. The third-order valence-corrected chi connectivity index (χ3v) is 3.17. The molecule has 0 aromatic heterocycles. The first-order valence-corrected chi connectivity index (χ1v) is 8.79. The van der Waals surface area contributed by atoms with Crippen LogP contribution in [0.1, 0.15) is 5.56 Å². The van der Waals surface area contributed by atoms with Gasteiger partial charge in [0, 0.05) is 0 Å². The highest BCUT2D eigenvalue weighted by molar-refractivity contribution is 6.69. The molecule has 1 aromatic rings. The van der Waals surface area contributed by atoms with E-state index in [9.17, 15) is 0 Å². The standard InChI is InChI=1S/C13H20O2Si/c1-11(10-15-16(3,4)5)12-7-6-8-13(9-12)14-2/h6-9H,1,10H2,2-5H3. The fraction of sp³-hybridized carbons (Fsp3) is 0.385. The van der Waals surface area contributed by atoms with Crippen LogP contribution in [0.2, 0.25) is 19.6 Å². The second-order valence-corrected chi connectivity index (χ2v) is 9.25. The summed E-state index contributed by atoms with van der Waals surface area (Å²) in [5.74, 6) is 0.853. The molecule has 0 radical (unpaired) electrons. The number of methoxy groups -OCH3 is 1. The van der Waals surface area contributed by atoms with Crippen LogP contribution in [0.3, 0.4) is 0 Å². The van der Waals surface area contributed by atoms with Gasteiger partial charge in [0.05, 0.1) is 13.7 Å². The lowest BCUT2D eigenvalue weighted by atomic mass is 10.1. The van der Waals surface area contributed by atoms with Crippen molar-refractivity contribution in [3.05, 3.63) is 36.4 Å². The first-order chi connectivity index (χ1) is 7.42. The van der Waals surface area contributed by atoms with Gasteiger partial charge in [0.25, 0.3) is 0 Å². The van der Waals surface area contributed by atoms with Crippen LogP contribution in [0.15, 0.2) is 30.8 Å². The Morgan fingerprint density at radius 1 is 1.31 bits per heavy atom. The minimum absolute atomic E-state index is 0.600. The predicted molar refractivity (Wildman–Crippen MR) is 71.3 cm³/mol. The topological polar surface area (TPSA) is 18.5 Å². The van der Waals surface area contributed by atoms with Crippen LogP contribution in [0.5, 0.6) is 5.75 Å². The van der Waals surface area contributed by atoms with E-state index in [1.807, 2.05) is 24.3 Å². The molecule has 0 aliphatic heterocycles. The van der Waals surface area contributed by atoms with Gasteiger partial charge in [-0.2, -0.15) is 0 Å². The highest BCUT2D eigenvalue weighted by Crippen LogP contribution is 2.20. The Kier molecular flexibility index (Phi) is 4.32. The molecule has 2 nitrogen and oxygen atoms in total. The van der Waals surface area contributed by atoms with Crippen molar-refractivity contribution in [2.45, 2.75) is 19.6 Å². The lowest BCUT2D eigenvalue weighted by molar-refractivity contribution is 0.364. The van der Waals surface area contributed by atoms with E-state index in [1.165, 1.54) is 0 Å². The highest BCUT2D eigenvalue weighted by Gasteiger charge is 2.14. The normalized spacial score (nSPS) is 11.2. The quantitative estimate of drug-likeness (QED) is 0.728. The van der Waals surface area contributed by atoms with Crippen LogP contribution in [0, 0.1) is 0 Å². The number of hydrogen-bond acceptors (Lipinski definition) is 2. The average Bonchev–Trinajstić information content (AvgIpc) is 2.25. The number of hydrogen-bond donors (Lipinski definition) is 0. The molecule has 0 amide bonds. The largest absolute Gasteiger partial charge is 0.497 e. The summed E-state index contributed by atoms with van der Waals surface area (Å²) in [6.07, 6.45) is 0. The number of benzene rings is 1. The van der Waals surface area contributed by atoms with Crippen molar-refractivity contribution in [2.75, 3.05) is 13.7 Å². The summed E-state index contributed by atoms with van der Waals surface area (Å²) in [5, 5.41) is 0. The van der Waals surface area contributed by atoms with Crippen LogP contribution in [-0.4, -0.2) is 22.0 Å². The Balaban J connectivity index is 2.66. The van der Waals surface area contributed by atoms with Crippen molar-refractivity contribution in [1.29, 1.82) is 0 Å². The summed E-state index contributed by atoms with van der Waals surface area (Å²) in [7, 11) is 0.200. The molecule has 0 heterocycles. The van der Waals surface area contributed by atoms with E-state index in [-0.39, 0.29) is 0 Å². The minimum Gasteiger partial charge on any atom is -0.497 e. The van der Waals surface area contributed by atoms with Gasteiger partial charge in [-0.15, -0.1) is 0 Å². The van der Waals surface area contributed by atoms with Gasteiger partial charge >= 0.3 is 0 Å². The molecule has 0 bridgehead atoms. The summed E-state index contributed by atoms with van der Waals surface area (Å²) in [5.41, 5.74) is 2.08. The van der Waals surface area contributed by atoms with Crippen LogP contribution < -0.4 is 4.74 Å². The molecule has 0 fully saturated rings. The lowest BCUT2D eigenvalue weighted by Crippen LogP contribution is -2.26. The minimum atomic E-state index is -1.47. The summed E-state index contributed by atoms with van der Waals surface area (Å²) in [6, 6.07) is 7.90. The number of ether oxygens (including phenoxy) is 1. The maximum atomic E-state index is 5.82. The van der Waals surface area contributed by atoms with E-state index in [0.717, 1.165) is 16.9 Å². The van der Waals surface area contributed by atoms with E-state index in [1.54, 1.807) is 7.11 Å². The molecule has 0 N–H and O–H groups in total. The zero-order chi connectivity index (χ0) is 12.2. The molecular formula is C13H20O2Si. The third-order valence-electron chi connectivity index (χ3n) is 2.16. The van der Waals surface area contributed by atoms with E-state index < -0.39 is 8.32 Å². The zero-order valence-electron chi connectivity index (χ0n) is 10.5. The van der Waals surface area contributed by atoms with Crippen molar-refractivity contribution in [2.24, 2.45) is 0 Å². The molecule has 0 aliphatic carbocycles. The van der Waals surface area contributed by atoms with Crippen LogP contribution in [0.4, 0.5) is 0 Å². The second-order valence-electron chi connectivity index (χ2n) is 4.74. The zero-order valence-corrected chi connectivity index (χ0v) is 11.5. The molecule has 0 unspecified atom stereocenters. The van der Waals surface area contributed by atoms with Gasteiger partial charge in [-0.05, 0) is 42.9 Å². The van der Waals surface area contributed by atoms with Crippen LogP contribution in [-0.2, 0) is 4.43 Å². The highest BCUT2D eigenvalue weighted by atomic mass is 28.4. The SMILES string of the molecule is C=C(CO[Si](C)(C)C)c1cccc(OC)c1. The van der Waals surface area contributed by atoms with E-state index in [4.69, 9.17) is 9.16 Å². The van der Waals surface area contributed by atoms with Crippen molar-refractivity contribution in [1.82, 2.24) is 0 Å². The summed E-state index contributed by atoms with van der Waals surface area (Å²) in [4.78, 5) is 0. The predicted octanol–water partition coefficient (Wildman–Crippen LogP) is 3.56. The third kappa shape index (κ3) is 4.21. The lowest BCUT2D eigenvalue weighted by Gasteiger charge is -2.18. The molecular weight excluding hydrogens is 216 g/mol. The molecule has 0 saturated carbocycles. The molecule has 0 spiro atoms. The van der Waals surface area contributed by atoms with Gasteiger partial charge < -0.3 is 9.16 Å². The monoisotopic (exact) mass is 236 g/mol. The molecule has 3 heteroatoms. The Hall–Kier alpha value is -1.06. The number of rotatable bonds is 5. The van der Waals surface area contributed by atoms with Gasteiger partial charge in [-0.3, -0.25) is 0 Å². The first kappa shape index (κ1) is 13.0.